The van der Waals surface area contributed by atoms with Crippen LogP contribution >= 0.6 is 0 Å². The summed E-state index contributed by atoms with van der Waals surface area (Å²) >= 11 is 0. The molecule has 198 valence electrons. The first-order valence-electron chi connectivity index (χ1n) is 11.8. The summed E-state index contributed by atoms with van der Waals surface area (Å²) in [4.78, 5) is 21.5. The van der Waals surface area contributed by atoms with Gasteiger partial charge in [-0.25, -0.2) is 22.8 Å². The predicted molar refractivity (Wildman–Crippen MR) is 138 cm³/mol. The van der Waals surface area contributed by atoms with E-state index in [-0.39, 0.29) is 34.7 Å². The number of halogens is 1. The molecule has 38 heavy (non-hydrogen) atoms. The third-order valence-electron chi connectivity index (χ3n) is 6.12. The topological polar surface area (TPSA) is 121 Å². The predicted octanol–water partition coefficient (Wildman–Crippen LogP) is 3.61. The molecule has 1 fully saturated rings. The van der Waals surface area contributed by atoms with Crippen molar-refractivity contribution in [3.05, 3.63) is 76.7 Å². The molecule has 0 spiro atoms. The van der Waals surface area contributed by atoms with Crippen molar-refractivity contribution in [3.8, 4) is 22.8 Å². The number of hydrogen-bond acceptors (Lipinski definition) is 8. The van der Waals surface area contributed by atoms with E-state index in [0.717, 1.165) is 18.9 Å². The monoisotopic (exact) mass is 540 g/mol. The number of pyridine rings is 2. The molecule has 0 unspecified atom stereocenters. The molecule has 0 aliphatic heterocycles. The van der Waals surface area contributed by atoms with Crippen molar-refractivity contribution < 1.29 is 27.0 Å². The number of anilines is 1. The molecule has 1 aliphatic carbocycles. The van der Waals surface area contributed by atoms with Crippen LogP contribution in [0.15, 0.2) is 64.7 Å². The lowest BCUT2D eigenvalue weighted by atomic mass is 10.1. The molecular formula is C26H25FN4O6S. The van der Waals surface area contributed by atoms with Gasteiger partial charge in [-0.05, 0) is 60.7 Å². The minimum atomic E-state index is -4.08. The quantitative estimate of drug-likeness (QED) is 0.303. The van der Waals surface area contributed by atoms with Crippen LogP contribution in [0, 0.1) is 5.82 Å². The minimum absolute atomic E-state index is 0.0107. The Morgan fingerprint density at radius 2 is 1.87 bits per heavy atom. The van der Waals surface area contributed by atoms with Crippen molar-refractivity contribution in [2.24, 2.45) is 0 Å². The lowest BCUT2D eigenvalue weighted by Gasteiger charge is -2.15. The number of methoxy groups -OCH3 is 2. The van der Waals surface area contributed by atoms with Gasteiger partial charge in [0.15, 0.2) is 0 Å². The molecule has 0 amide bonds. The average molecular weight is 541 g/mol. The number of hydrogen-bond donors (Lipinski definition) is 1. The van der Waals surface area contributed by atoms with Crippen molar-refractivity contribution in [3.63, 3.8) is 0 Å². The van der Waals surface area contributed by atoms with Crippen molar-refractivity contribution in [2.45, 2.75) is 23.7 Å². The van der Waals surface area contributed by atoms with E-state index in [2.05, 4.69) is 14.7 Å². The highest BCUT2D eigenvalue weighted by Gasteiger charge is 2.31. The van der Waals surface area contributed by atoms with Crippen molar-refractivity contribution in [1.82, 2.24) is 14.4 Å². The summed E-state index contributed by atoms with van der Waals surface area (Å²) in [6.45, 7) is 0.514. The van der Waals surface area contributed by atoms with Crippen molar-refractivity contribution in [1.29, 1.82) is 0 Å². The number of rotatable bonds is 10. The van der Waals surface area contributed by atoms with Crippen LogP contribution in [-0.4, -0.2) is 50.2 Å². The molecule has 0 saturated heterocycles. The zero-order valence-electron chi connectivity index (χ0n) is 20.7. The lowest BCUT2D eigenvalue weighted by molar-refractivity contribution is 0.145. The van der Waals surface area contributed by atoms with Crippen LogP contribution in [0.4, 0.5) is 10.1 Å². The van der Waals surface area contributed by atoms with Gasteiger partial charge < -0.3 is 14.2 Å². The maximum absolute atomic E-state index is 13.9. The summed E-state index contributed by atoms with van der Waals surface area (Å²) in [5.41, 5.74) is 1.64. The highest BCUT2D eigenvalue weighted by molar-refractivity contribution is 7.92. The molecule has 1 aromatic carbocycles. The molecule has 3 aromatic heterocycles. The highest BCUT2D eigenvalue weighted by Crippen LogP contribution is 2.43. The molecule has 4 aromatic rings. The van der Waals surface area contributed by atoms with E-state index in [1.54, 1.807) is 24.4 Å². The third-order valence-corrected chi connectivity index (χ3v) is 7.56. The number of fused-ring (bicyclic) bond motifs is 1. The largest absolute Gasteiger partial charge is 0.484 e. The Hall–Kier alpha value is -4.03. The molecule has 0 atom stereocenters. The number of benzene rings is 1. The van der Waals surface area contributed by atoms with Gasteiger partial charge >= 0.3 is 0 Å². The summed E-state index contributed by atoms with van der Waals surface area (Å²) in [6.07, 6.45) is 6.05. The van der Waals surface area contributed by atoms with Crippen LogP contribution < -0.4 is 19.8 Å². The van der Waals surface area contributed by atoms with Gasteiger partial charge in [0.25, 0.3) is 15.6 Å². The Bertz CT molecular complexity index is 1670. The van der Waals surface area contributed by atoms with E-state index in [1.165, 1.54) is 43.1 Å². The standard InChI is InChI=1S/C26H25FN4O6S/c1-35-9-10-37-22-14-28-24-8-5-17(15-31(24)26(22)32)18-11-21(25(36-2)29-13-18)30-38(33,34)23-7-6-19(27)12-20(23)16-3-4-16/h5-8,11-16,30H,3-4,9-10H2,1-2H3. The van der Waals surface area contributed by atoms with Crippen LogP contribution in [0.25, 0.3) is 16.8 Å². The van der Waals surface area contributed by atoms with Crippen molar-refractivity contribution >= 4 is 21.4 Å². The van der Waals surface area contributed by atoms with Gasteiger partial charge in [0.2, 0.25) is 11.6 Å². The number of sulfonamides is 1. The Morgan fingerprint density at radius 3 is 2.61 bits per heavy atom. The Kier molecular flexibility index (Phi) is 7.00. The molecular weight excluding hydrogens is 515 g/mol. The van der Waals surface area contributed by atoms with Crippen LogP contribution in [0.2, 0.25) is 0 Å². The second kappa shape index (κ2) is 10.4. The van der Waals surface area contributed by atoms with E-state index in [9.17, 15) is 17.6 Å². The third kappa shape index (κ3) is 5.18. The van der Waals surface area contributed by atoms with Gasteiger partial charge in [-0.3, -0.25) is 13.9 Å². The Morgan fingerprint density at radius 1 is 1.05 bits per heavy atom. The van der Waals surface area contributed by atoms with Gasteiger partial charge in [-0.1, -0.05) is 0 Å². The Balaban J connectivity index is 1.51. The van der Waals surface area contributed by atoms with E-state index >= 15 is 0 Å². The summed E-state index contributed by atoms with van der Waals surface area (Å²) in [5, 5.41) is 0. The van der Waals surface area contributed by atoms with E-state index in [0.29, 0.717) is 28.9 Å². The SMILES string of the molecule is COCCOc1cnc2ccc(-c3cnc(OC)c(NS(=O)(=O)c4ccc(F)cc4C4CC4)c3)cn2c1=O. The average Bonchev–Trinajstić information content (AvgIpc) is 3.75. The van der Waals surface area contributed by atoms with Gasteiger partial charge in [0.1, 0.15) is 23.8 Å². The van der Waals surface area contributed by atoms with Gasteiger partial charge in [-0.2, -0.15) is 0 Å². The number of ether oxygens (including phenoxy) is 3. The summed E-state index contributed by atoms with van der Waals surface area (Å²) in [5.74, 6) is -0.346. The maximum Gasteiger partial charge on any atom is 0.300 e. The van der Waals surface area contributed by atoms with Gasteiger partial charge in [-0.15, -0.1) is 0 Å². The Labute approximate surface area is 218 Å². The summed E-state index contributed by atoms with van der Waals surface area (Å²) in [6, 6.07) is 8.61. The van der Waals surface area contributed by atoms with E-state index in [4.69, 9.17) is 14.2 Å². The second-order valence-electron chi connectivity index (χ2n) is 8.76. The fraction of sp³-hybridized carbons (Fsp3) is 0.269. The first-order chi connectivity index (χ1) is 18.3. The summed E-state index contributed by atoms with van der Waals surface area (Å²) < 4.78 is 60.2. The number of nitrogens with zero attached hydrogens (tertiary/aromatic N) is 3. The van der Waals surface area contributed by atoms with Gasteiger partial charge in [0.05, 0.1) is 24.8 Å². The molecule has 0 radical (unpaired) electrons. The van der Waals surface area contributed by atoms with Crippen molar-refractivity contribution in [2.75, 3.05) is 32.2 Å². The maximum atomic E-state index is 13.9. The molecule has 3 heterocycles. The minimum Gasteiger partial charge on any atom is -0.484 e. The van der Waals surface area contributed by atoms with Crippen LogP contribution in [0.1, 0.15) is 24.3 Å². The first kappa shape index (κ1) is 25.6. The molecule has 1 N–H and O–H groups in total. The fourth-order valence-electron chi connectivity index (χ4n) is 4.09. The molecule has 1 saturated carbocycles. The van der Waals surface area contributed by atoms with Crippen LogP contribution in [0.5, 0.6) is 11.6 Å². The molecule has 5 rings (SSSR count). The molecule has 12 heteroatoms. The van der Waals surface area contributed by atoms with Gasteiger partial charge in [0, 0.05) is 30.6 Å². The first-order valence-corrected chi connectivity index (χ1v) is 13.3. The lowest BCUT2D eigenvalue weighted by Crippen LogP contribution is -2.19. The van der Waals surface area contributed by atoms with E-state index in [1.807, 2.05) is 0 Å². The number of nitrogens with one attached hydrogen (secondary N) is 1. The van der Waals surface area contributed by atoms with E-state index < -0.39 is 21.4 Å². The molecule has 0 bridgehead atoms. The molecule has 1 aliphatic rings. The van der Waals surface area contributed by atoms with Crippen LogP contribution in [-0.2, 0) is 14.8 Å². The molecule has 10 nitrogen and oxygen atoms in total. The smallest absolute Gasteiger partial charge is 0.300 e. The zero-order chi connectivity index (χ0) is 26.9. The van der Waals surface area contributed by atoms with Crippen LogP contribution in [0.3, 0.4) is 0 Å². The second-order valence-corrected chi connectivity index (χ2v) is 10.4. The normalized spacial score (nSPS) is 13.4. The summed E-state index contributed by atoms with van der Waals surface area (Å²) in [7, 11) is -1.18. The number of aromatic nitrogens is 3. The zero-order valence-corrected chi connectivity index (χ0v) is 21.5. The highest BCUT2D eigenvalue weighted by atomic mass is 32.2. The fourth-order valence-corrected chi connectivity index (χ4v) is 5.42.